The van der Waals surface area contributed by atoms with E-state index in [0.717, 1.165) is 12.8 Å². The molecule has 0 aliphatic carbocycles. The van der Waals surface area contributed by atoms with E-state index in [1.165, 1.54) is 27.8 Å². The van der Waals surface area contributed by atoms with Crippen molar-refractivity contribution in [1.82, 2.24) is 10.4 Å². The molecular weight excluding hydrogens is 246 g/mol. The lowest BCUT2D eigenvalue weighted by atomic mass is 9.93. The van der Waals surface area contributed by atoms with Crippen LogP contribution in [0.1, 0.15) is 40.8 Å². The number of aromatic nitrogens is 1. The molecule has 1 aromatic carbocycles. The van der Waals surface area contributed by atoms with Crippen molar-refractivity contribution in [3.05, 3.63) is 64.5 Å². The zero-order valence-corrected chi connectivity index (χ0v) is 12.5. The predicted octanol–water partition coefficient (Wildman–Crippen LogP) is 3.01. The fraction of sp³-hybridized carbons (Fsp3) is 0.353. The SMILES string of the molecule is CCc1cnccc1C(Cc1cc(C)ccc1C)NN. The molecule has 20 heavy (non-hydrogen) atoms. The minimum absolute atomic E-state index is 0.119. The van der Waals surface area contributed by atoms with E-state index >= 15 is 0 Å². The van der Waals surface area contributed by atoms with Crippen LogP contribution in [-0.2, 0) is 12.8 Å². The number of aryl methyl sites for hydroxylation is 3. The molecule has 3 nitrogen and oxygen atoms in total. The minimum atomic E-state index is 0.119. The topological polar surface area (TPSA) is 50.9 Å². The molecule has 3 N–H and O–H groups in total. The highest BCUT2D eigenvalue weighted by atomic mass is 15.2. The van der Waals surface area contributed by atoms with Gasteiger partial charge in [0.2, 0.25) is 0 Å². The Morgan fingerprint density at radius 2 is 2.00 bits per heavy atom. The maximum atomic E-state index is 5.79. The summed E-state index contributed by atoms with van der Waals surface area (Å²) in [6.45, 7) is 6.42. The molecule has 0 bridgehead atoms. The number of nitrogens with two attached hydrogens (primary N) is 1. The Balaban J connectivity index is 2.31. The van der Waals surface area contributed by atoms with Gasteiger partial charge in [-0.1, -0.05) is 30.7 Å². The molecular formula is C17H23N3. The van der Waals surface area contributed by atoms with Crippen LogP contribution in [0.5, 0.6) is 0 Å². The van der Waals surface area contributed by atoms with Gasteiger partial charge in [0, 0.05) is 12.4 Å². The third kappa shape index (κ3) is 3.24. The second-order valence-electron chi connectivity index (χ2n) is 5.28. The van der Waals surface area contributed by atoms with Gasteiger partial charge in [0.15, 0.2) is 0 Å². The van der Waals surface area contributed by atoms with E-state index in [-0.39, 0.29) is 6.04 Å². The molecule has 1 atom stereocenters. The number of hydrazine groups is 1. The van der Waals surface area contributed by atoms with Gasteiger partial charge in [-0.15, -0.1) is 0 Å². The van der Waals surface area contributed by atoms with Crippen molar-refractivity contribution in [3.63, 3.8) is 0 Å². The van der Waals surface area contributed by atoms with E-state index in [9.17, 15) is 0 Å². The molecule has 106 valence electrons. The molecule has 1 aromatic heterocycles. The summed E-state index contributed by atoms with van der Waals surface area (Å²) in [6.07, 6.45) is 5.62. The molecule has 1 heterocycles. The minimum Gasteiger partial charge on any atom is -0.271 e. The Bertz CT molecular complexity index is 578. The van der Waals surface area contributed by atoms with Crippen LogP contribution in [-0.4, -0.2) is 4.98 Å². The summed E-state index contributed by atoms with van der Waals surface area (Å²) < 4.78 is 0. The third-order valence-electron chi connectivity index (χ3n) is 3.83. The quantitative estimate of drug-likeness (QED) is 0.648. The van der Waals surface area contributed by atoms with Crippen LogP contribution in [0.2, 0.25) is 0 Å². The van der Waals surface area contributed by atoms with E-state index in [0.29, 0.717) is 0 Å². The highest BCUT2D eigenvalue weighted by Crippen LogP contribution is 2.23. The molecule has 0 saturated carbocycles. The van der Waals surface area contributed by atoms with Crippen LogP contribution in [0.25, 0.3) is 0 Å². The molecule has 0 radical (unpaired) electrons. The average molecular weight is 269 g/mol. The first-order chi connectivity index (χ1) is 9.65. The van der Waals surface area contributed by atoms with Crippen LogP contribution in [0.3, 0.4) is 0 Å². The Morgan fingerprint density at radius 1 is 1.20 bits per heavy atom. The fourth-order valence-electron chi connectivity index (χ4n) is 2.57. The first-order valence-corrected chi connectivity index (χ1v) is 7.10. The second-order valence-corrected chi connectivity index (χ2v) is 5.28. The number of rotatable bonds is 5. The van der Waals surface area contributed by atoms with Gasteiger partial charge in [-0.25, -0.2) is 0 Å². The van der Waals surface area contributed by atoms with Crippen LogP contribution in [0, 0.1) is 13.8 Å². The number of nitrogens with zero attached hydrogens (tertiary/aromatic N) is 1. The molecule has 3 heteroatoms. The van der Waals surface area contributed by atoms with Gasteiger partial charge in [0.1, 0.15) is 0 Å². The molecule has 0 saturated heterocycles. The van der Waals surface area contributed by atoms with Gasteiger partial charge >= 0.3 is 0 Å². The van der Waals surface area contributed by atoms with Gasteiger partial charge in [-0.3, -0.25) is 16.3 Å². The van der Waals surface area contributed by atoms with E-state index in [4.69, 9.17) is 5.84 Å². The van der Waals surface area contributed by atoms with Gasteiger partial charge in [0.05, 0.1) is 6.04 Å². The Labute approximate surface area is 121 Å². The summed E-state index contributed by atoms with van der Waals surface area (Å²) in [5, 5.41) is 0. The monoisotopic (exact) mass is 269 g/mol. The smallest absolute Gasteiger partial charge is 0.0504 e. The molecule has 2 rings (SSSR count). The lowest BCUT2D eigenvalue weighted by molar-refractivity contribution is 0.546. The molecule has 0 fully saturated rings. The molecule has 0 aliphatic heterocycles. The Kier molecular flexibility index (Phi) is 4.88. The summed E-state index contributed by atoms with van der Waals surface area (Å²) in [5.41, 5.74) is 9.38. The Hall–Kier alpha value is -1.71. The van der Waals surface area contributed by atoms with Crippen LogP contribution in [0.4, 0.5) is 0 Å². The van der Waals surface area contributed by atoms with Crippen LogP contribution >= 0.6 is 0 Å². The van der Waals surface area contributed by atoms with Gasteiger partial charge in [-0.05, 0) is 55.0 Å². The van der Waals surface area contributed by atoms with E-state index in [2.05, 4.69) is 55.4 Å². The summed E-state index contributed by atoms with van der Waals surface area (Å²) in [6, 6.07) is 8.74. The van der Waals surface area contributed by atoms with Crippen LogP contribution < -0.4 is 11.3 Å². The van der Waals surface area contributed by atoms with Crippen molar-refractivity contribution in [2.45, 2.75) is 39.7 Å². The van der Waals surface area contributed by atoms with E-state index < -0.39 is 0 Å². The maximum Gasteiger partial charge on any atom is 0.0504 e. The van der Waals surface area contributed by atoms with Crippen molar-refractivity contribution in [2.75, 3.05) is 0 Å². The van der Waals surface area contributed by atoms with Crippen molar-refractivity contribution in [1.29, 1.82) is 0 Å². The number of hydrogen-bond acceptors (Lipinski definition) is 3. The second kappa shape index (κ2) is 6.64. The molecule has 0 amide bonds. The number of hydrogen-bond donors (Lipinski definition) is 2. The molecule has 2 aromatic rings. The zero-order valence-electron chi connectivity index (χ0n) is 12.5. The summed E-state index contributed by atoms with van der Waals surface area (Å²) >= 11 is 0. The van der Waals surface area contributed by atoms with E-state index in [1.807, 2.05) is 12.4 Å². The average Bonchev–Trinajstić information content (AvgIpc) is 2.48. The maximum absolute atomic E-state index is 5.79. The largest absolute Gasteiger partial charge is 0.271 e. The van der Waals surface area contributed by atoms with Crippen molar-refractivity contribution < 1.29 is 0 Å². The highest BCUT2D eigenvalue weighted by molar-refractivity contribution is 5.34. The molecule has 1 unspecified atom stereocenters. The first kappa shape index (κ1) is 14.7. The summed E-state index contributed by atoms with van der Waals surface area (Å²) in [7, 11) is 0. The van der Waals surface area contributed by atoms with E-state index in [1.54, 1.807) is 0 Å². The highest BCUT2D eigenvalue weighted by Gasteiger charge is 2.15. The van der Waals surface area contributed by atoms with Crippen molar-refractivity contribution >= 4 is 0 Å². The standard InChI is InChI=1S/C17H23N3/c1-4-14-11-19-8-7-16(14)17(20-18)10-15-9-12(2)5-6-13(15)3/h5-9,11,17,20H,4,10,18H2,1-3H3. The van der Waals surface area contributed by atoms with Gasteiger partial charge in [-0.2, -0.15) is 0 Å². The molecule has 0 spiro atoms. The zero-order chi connectivity index (χ0) is 14.5. The normalized spacial score (nSPS) is 12.4. The van der Waals surface area contributed by atoms with Crippen LogP contribution in [0.15, 0.2) is 36.7 Å². The molecule has 0 aliphatic rings. The summed E-state index contributed by atoms with van der Waals surface area (Å²) in [4.78, 5) is 4.20. The fourth-order valence-corrected chi connectivity index (χ4v) is 2.57. The Morgan fingerprint density at radius 3 is 2.70 bits per heavy atom. The van der Waals surface area contributed by atoms with Crippen molar-refractivity contribution in [2.24, 2.45) is 5.84 Å². The number of benzene rings is 1. The lowest BCUT2D eigenvalue weighted by Gasteiger charge is -2.20. The third-order valence-corrected chi connectivity index (χ3v) is 3.83. The number of pyridine rings is 1. The first-order valence-electron chi connectivity index (χ1n) is 7.10. The van der Waals surface area contributed by atoms with Gasteiger partial charge < -0.3 is 0 Å². The summed E-state index contributed by atoms with van der Waals surface area (Å²) in [5.74, 6) is 5.79. The predicted molar refractivity (Wildman–Crippen MR) is 83.3 cm³/mol. The number of nitrogens with one attached hydrogen (secondary N) is 1. The lowest BCUT2D eigenvalue weighted by Crippen LogP contribution is -2.30. The van der Waals surface area contributed by atoms with Crippen molar-refractivity contribution in [3.8, 4) is 0 Å². The van der Waals surface area contributed by atoms with Gasteiger partial charge in [0.25, 0.3) is 0 Å².